The number of carbonyl (C=O) groups is 2. The molecule has 1 fully saturated rings. The van der Waals surface area contributed by atoms with Crippen molar-refractivity contribution in [1.82, 2.24) is 0 Å². The summed E-state index contributed by atoms with van der Waals surface area (Å²) < 4.78 is 4.67. The summed E-state index contributed by atoms with van der Waals surface area (Å²) in [4.78, 5) is 27.5. The maximum absolute atomic E-state index is 12.2. The molecule has 0 spiro atoms. The minimum absolute atomic E-state index is 0.00110. The summed E-state index contributed by atoms with van der Waals surface area (Å²) in [5.41, 5.74) is 2.43. The first-order valence-electron chi connectivity index (χ1n) is 9.27. The Hall–Kier alpha value is -2.86. The summed E-state index contributed by atoms with van der Waals surface area (Å²) >= 11 is 0. The molecule has 2 aromatic rings. The molecule has 6 heteroatoms. The molecule has 27 heavy (non-hydrogen) atoms. The fourth-order valence-corrected chi connectivity index (χ4v) is 3.29. The first kappa shape index (κ1) is 18.9. The highest BCUT2D eigenvalue weighted by atomic mass is 16.5. The van der Waals surface area contributed by atoms with Gasteiger partial charge in [-0.05, 0) is 36.4 Å². The van der Waals surface area contributed by atoms with Crippen LogP contribution in [0.4, 0.5) is 11.4 Å². The summed E-state index contributed by atoms with van der Waals surface area (Å²) in [6.45, 7) is 4.92. The number of hydrogen-bond acceptors (Lipinski definition) is 4. The van der Waals surface area contributed by atoms with Gasteiger partial charge in [-0.2, -0.15) is 0 Å². The molecule has 2 aromatic carbocycles. The van der Waals surface area contributed by atoms with Crippen molar-refractivity contribution in [3.8, 4) is 0 Å². The highest BCUT2D eigenvalue weighted by Gasteiger charge is 2.20. The van der Waals surface area contributed by atoms with Gasteiger partial charge in [-0.15, -0.1) is 0 Å². The van der Waals surface area contributed by atoms with Crippen molar-refractivity contribution in [2.24, 2.45) is 0 Å². The zero-order valence-corrected chi connectivity index (χ0v) is 15.6. The molecular formula is C21H26N3O3+. The van der Waals surface area contributed by atoms with Gasteiger partial charge in [-0.3, -0.25) is 4.79 Å². The number of rotatable bonds is 6. The van der Waals surface area contributed by atoms with Crippen molar-refractivity contribution in [2.75, 3.05) is 50.1 Å². The maximum Gasteiger partial charge on any atom is 0.337 e. The molecule has 0 saturated carbocycles. The van der Waals surface area contributed by atoms with E-state index < -0.39 is 0 Å². The molecule has 0 aromatic heterocycles. The molecule has 6 nitrogen and oxygen atoms in total. The molecule has 1 saturated heterocycles. The van der Waals surface area contributed by atoms with Crippen molar-refractivity contribution in [1.29, 1.82) is 0 Å². The number of nitrogens with one attached hydrogen (secondary N) is 2. The van der Waals surface area contributed by atoms with Gasteiger partial charge in [0.25, 0.3) is 0 Å². The predicted octanol–water partition coefficient (Wildman–Crippen LogP) is 1.21. The van der Waals surface area contributed by atoms with Gasteiger partial charge in [-0.25, -0.2) is 4.79 Å². The van der Waals surface area contributed by atoms with Gasteiger partial charge in [-0.1, -0.05) is 18.2 Å². The number of quaternary nitrogens is 1. The van der Waals surface area contributed by atoms with Crippen LogP contribution < -0.4 is 15.1 Å². The Balaban J connectivity index is 1.40. The second-order valence-corrected chi connectivity index (χ2v) is 6.69. The SMILES string of the molecule is COC(=O)c1ccc(NC(=O)CC[NH+]2CCN(c3ccccc3)CC2)cc1. The van der Waals surface area contributed by atoms with Crippen molar-refractivity contribution in [2.45, 2.75) is 6.42 Å². The average Bonchev–Trinajstić information content (AvgIpc) is 2.73. The van der Waals surface area contributed by atoms with Crippen molar-refractivity contribution >= 4 is 23.3 Å². The highest BCUT2D eigenvalue weighted by Crippen LogP contribution is 2.12. The lowest BCUT2D eigenvalue weighted by atomic mass is 10.2. The van der Waals surface area contributed by atoms with Crippen LogP contribution in [0, 0.1) is 0 Å². The molecule has 0 atom stereocenters. The Kier molecular flexibility index (Phi) is 6.44. The third kappa shape index (κ3) is 5.31. The van der Waals surface area contributed by atoms with E-state index in [1.807, 2.05) is 6.07 Å². The lowest BCUT2D eigenvalue weighted by molar-refractivity contribution is -0.900. The van der Waals surface area contributed by atoms with Gasteiger partial charge in [0.05, 0.1) is 51.8 Å². The number of carbonyl (C=O) groups excluding carboxylic acids is 2. The Morgan fingerprint density at radius 2 is 1.70 bits per heavy atom. The summed E-state index contributed by atoms with van der Waals surface area (Å²) in [6, 6.07) is 17.2. The molecule has 142 valence electrons. The number of ether oxygens (including phenoxy) is 1. The van der Waals surface area contributed by atoms with Crippen LogP contribution in [0.15, 0.2) is 54.6 Å². The Bertz CT molecular complexity index is 754. The molecule has 1 amide bonds. The Morgan fingerprint density at radius 1 is 1.04 bits per heavy atom. The first-order valence-corrected chi connectivity index (χ1v) is 9.27. The Morgan fingerprint density at radius 3 is 2.33 bits per heavy atom. The molecule has 0 unspecified atom stereocenters. The normalized spacial score (nSPS) is 14.6. The lowest BCUT2D eigenvalue weighted by Crippen LogP contribution is -3.15. The number of benzene rings is 2. The van der Waals surface area contributed by atoms with Crippen LogP contribution in [0.1, 0.15) is 16.8 Å². The summed E-state index contributed by atoms with van der Waals surface area (Å²) in [5.74, 6) is -0.384. The van der Waals surface area contributed by atoms with Gasteiger partial charge in [0.2, 0.25) is 5.91 Å². The monoisotopic (exact) mass is 368 g/mol. The van der Waals surface area contributed by atoms with Gasteiger partial charge in [0, 0.05) is 11.4 Å². The maximum atomic E-state index is 12.2. The number of anilines is 2. The third-order valence-electron chi connectivity index (χ3n) is 4.89. The second-order valence-electron chi connectivity index (χ2n) is 6.69. The third-order valence-corrected chi connectivity index (χ3v) is 4.89. The molecule has 0 radical (unpaired) electrons. The summed E-state index contributed by atoms with van der Waals surface area (Å²) in [6.07, 6.45) is 0.486. The van der Waals surface area contributed by atoms with Crippen LogP contribution in [-0.2, 0) is 9.53 Å². The van der Waals surface area contributed by atoms with E-state index in [0.717, 1.165) is 32.7 Å². The summed E-state index contributed by atoms with van der Waals surface area (Å²) in [5, 5.41) is 2.89. The van der Waals surface area contributed by atoms with Crippen LogP contribution in [-0.4, -0.2) is 51.7 Å². The number of hydrogen-bond donors (Lipinski definition) is 2. The number of piperazine rings is 1. The van der Waals surface area contributed by atoms with Crippen LogP contribution in [0.5, 0.6) is 0 Å². The first-order chi connectivity index (χ1) is 13.2. The fourth-order valence-electron chi connectivity index (χ4n) is 3.29. The lowest BCUT2D eigenvalue weighted by Gasteiger charge is -2.33. The zero-order chi connectivity index (χ0) is 19.1. The second kappa shape index (κ2) is 9.19. The van der Waals surface area contributed by atoms with Gasteiger partial charge in [0.15, 0.2) is 0 Å². The highest BCUT2D eigenvalue weighted by molar-refractivity contribution is 5.93. The van der Waals surface area contributed by atoms with E-state index in [4.69, 9.17) is 0 Å². The molecule has 3 rings (SSSR count). The van der Waals surface area contributed by atoms with Crippen molar-refractivity contribution in [3.63, 3.8) is 0 Å². The molecule has 2 N–H and O–H groups in total. The van der Waals surface area contributed by atoms with E-state index in [9.17, 15) is 9.59 Å². The van der Waals surface area contributed by atoms with E-state index >= 15 is 0 Å². The predicted molar refractivity (Wildman–Crippen MR) is 105 cm³/mol. The van der Waals surface area contributed by atoms with Gasteiger partial charge < -0.3 is 19.9 Å². The van der Waals surface area contributed by atoms with Crippen molar-refractivity contribution < 1.29 is 19.2 Å². The van der Waals surface area contributed by atoms with E-state index in [2.05, 4.69) is 39.2 Å². The topological polar surface area (TPSA) is 63.1 Å². The molecule has 1 aliphatic rings. The van der Waals surface area contributed by atoms with Crippen LogP contribution >= 0.6 is 0 Å². The number of esters is 1. The number of para-hydroxylation sites is 1. The van der Waals surface area contributed by atoms with Crippen LogP contribution in [0.25, 0.3) is 0 Å². The van der Waals surface area contributed by atoms with E-state index in [-0.39, 0.29) is 11.9 Å². The van der Waals surface area contributed by atoms with E-state index in [0.29, 0.717) is 17.7 Å². The quantitative estimate of drug-likeness (QED) is 0.753. The number of amides is 1. The minimum Gasteiger partial charge on any atom is -0.465 e. The molecule has 1 aliphatic heterocycles. The zero-order valence-electron chi connectivity index (χ0n) is 15.6. The molecule has 0 aliphatic carbocycles. The minimum atomic E-state index is -0.383. The average molecular weight is 368 g/mol. The van der Waals surface area contributed by atoms with E-state index in [1.165, 1.54) is 17.7 Å². The van der Waals surface area contributed by atoms with Crippen LogP contribution in [0.2, 0.25) is 0 Å². The largest absolute Gasteiger partial charge is 0.465 e. The standard InChI is InChI=1S/C21H25N3O3/c1-27-21(26)17-7-9-18(10-8-17)22-20(25)11-12-23-13-15-24(16-14-23)19-5-3-2-4-6-19/h2-10H,11-16H2,1H3,(H,22,25)/p+1. The van der Waals surface area contributed by atoms with Crippen molar-refractivity contribution in [3.05, 3.63) is 60.2 Å². The smallest absolute Gasteiger partial charge is 0.337 e. The number of nitrogens with zero attached hydrogens (tertiary/aromatic N) is 1. The van der Waals surface area contributed by atoms with Gasteiger partial charge >= 0.3 is 5.97 Å². The molecule has 0 bridgehead atoms. The molecule has 1 heterocycles. The van der Waals surface area contributed by atoms with Gasteiger partial charge in [0.1, 0.15) is 0 Å². The summed E-state index contributed by atoms with van der Waals surface area (Å²) in [7, 11) is 1.35. The molecular weight excluding hydrogens is 342 g/mol. The van der Waals surface area contributed by atoms with Crippen LogP contribution in [0.3, 0.4) is 0 Å². The van der Waals surface area contributed by atoms with E-state index in [1.54, 1.807) is 24.3 Å². The fraction of sp³-hybridized carbons (Fsp3) is 0.333. The Labute approximate surface area is 159 Å². The number of methoxy groups -OCH3 is 1.